The molecule has 2 atom stereocenters. The lowest BCUT2D eigenvalue weighted by Gasteiger charge is -2.23. The van der Waals surface area contributed by atoms with E-state index in [1.54, 1.807) is 30.3 Å². The molecule has 0 spiro atoms. The van der Waals surface area contributed by atoms with Crippen molar-refractivity contribution >= 4 is 15.9 Å². The summed E-state index contributed by atoms with van der Waals surface area (Å²) >= 11 is 0. The lowest BCUT2D eigenvalue weighted by atomic mass is 10.1. The van der Waals surface area contributed by atoms with Crippen LogP contribution in [0.1, 0.15) is 37.9 Å². The number of nitrogens with zero attached hydrogens (tertiary/aromatic N) is 1. The first-order chi connectivity index (χ1) is 14.0. The molecule has 0 saturated carbocycles. The van der Waals surface area contributed by atoms with Crippen LogP contribution in [0, 0.1) is 0 Å². The summed E-state index contributed by atoms with van der Waals surface area (Å²) in [5, 5.41) is 2.87. The van der Waals surface area contributed by atoms with Gasteiger partial charge in [0.05, 0.1) is 11.0 Å². The van der Waals surface area contributed by atoms with E-state index in [-0.39, 0.29) is 16.9 Å². The number of carbonyl (C=O) groups is 1. The summed E-state index contributed by atoms with van der Waals surface area (Å²) in [4.78, 5) is 12.8. The normalized spacial score (nSPS) is 18.4. The summed E-state index contributed by atoms with van der Waals surface area (Å²) in [5.41, 5.74) is 1.12. The zero-order valence-corrected chi connectivity index (χ0v) is 17.5. The molecule has 0 bridgehead atoms. The van der Waals surface area contributed by atoms with Crippen LogP contribution in [0.3, 0.4) is 0 Å². The molecule has 2 aromatic carbocycles. The summed E-state index contributed by atoms with van der Waals surface area (Å²) in [6.45, 7) is 3.34. The van der Waals surface area contributed by atoms with Gasteiger partial charge in [0, 0.05) is 19.7 Å². The molecular formula is C22H28N2O4S. The standard InChI is InChI=1S/C22H28N2O4S/c1-18(19-10-4-2-5-11-19)28-17-9-15-23-22(25)21-14-8-16-24(21)29(26,27)20-12-6-3-7-13-20/h2-7,10-13,18,21H,8-9,14-17H2,1H3,(H,23,25). The maximum Gasteiger partial charge on any atom is 0.243 e. The number of carbonyl (C=O) groups excluding carboxylic acids is 1. The molecule has 1 aliphatic rings. The molecule has 0 aromatic heterocycles. The zero-order chi connectivity index (χ0) is 20.7. The van der Waals surface area contributed by atoms with Crippen LogP contribution < -0.4 is 5.32 Å². The molecule has 1 aliphatic heterocycles. The Labute approximate surface area is 172 Å². The highest BCUT2D eigenvalue weighted by atomic mass is 32.2. The van der Waals surface area contributed by atoms with E-state index in [2.05, 4.69) is 5.32 Å². The summed E-state index contributed by atoms with van der Waals surface area (Å²) in [5.74, 6) is -0.238. The molecule has 0 aliphatic carbocycles. The van der Waals surface area contributed by atoms with Crippen molar-refractivity contribution in [3.05, 3.63) is 66.2 Å². The molecule has 1 N–H and O–H groups in total. The monoisotopic (exact) mass is 416 g/mol. The smallest absolute Gasteiger partial charge is 0.243 e. The average molecular weight is 417 g/mol. The van der Waals surface area contributed by atoms with E-state index in [0.29, 0.717) is 39.0 Å². The molecule has 3 rings (SSSR count). The van der Waals surface area contributed by atoms with Crippen LogP contribution in [0.15, 0.2) is 65.6 Å². The first kappa shape index (κ1) is 21.5. The van der Waals surface area contributed by atoms with E-state index >= 15 is 0 Å². The Hall–Kier alpha value is -2.22. The van der Waals surface area contributed by atoms with Gasteiger partial charge in [-0.2, -0.15) is 4.31 Å². The van der Waals surface area contributed by atoms with Crippen LogP contribution in [0.2, 0.25) is 0 Å². The van der Waals surface area contributed by atoms with Gasteiger partial charge < -0.3 is 10.1 Å². The van der Waals surface area contributed by atoms with E-state index in [9.17, 15) is 13.2 Å². The second kappa shape index (κ2) is 10.0. The molecule has 156 valence electrons. The maximum absolute atomic E-state index is 12.9. The highest BCUT2D eigenvalue weighted by molar-refractivity contribution is 7.89. The van der Waals surface area contributed by atoms with Crippen LogP contribution in [0.5, 0.6) is 0 Å². The minimum absolute atomic E-state index is 0.00626. The van der Waals surface area contributed by atoms with Crippen LogP contribution >= 0.6 is 0 Å². The first-order valence-corrected chi connectivity index (χ1v) is 11.5. The van der Waals surface area contributed by atoms with Gasteiger partial charge in [0.1, 0.15) is 6.04 Å². The fourth-order valence-corrected chi connectivity index (χ4v) is 5.18. The van der Waals surface area contributed by atoms with Crippen molar-refractivity contribution in [3.8, 4) is 0 Å². The summed E-state index contributed by atoms with van der Waals surface area (Å²) < 4.78 is 32.9. The topological polar surface area (TPSA) is 75.7 Å². The average Bonchev–Trinajstić information content (AvgIpc) is 3.25. The molecule has 6 nitrogen and oxygen atoms in total. The number of hydrogen-bond donors (Lipinski definition) is 1. The Morgan fingerprint density at radius 3 is 2.48 bits per heavy atom. The van der Waals surface area contributed by atoms with Gasteiger partial charge in [-0.05, 0) is 43.9 Å². The molecule has 29 heavy (non-hydrogen) atoms. The van der Waals surface area contributed by atoms with Gasteiger partial charge in [-0.3, -0.25) is 4.79 Å². The van der Waals surface area contributed by atoms with E-state index in [1.165, 1.54) is 4.31 Å². The van der Waals surface area contributed by atoms with Gasteiger partial charge in [0.2, 0.25) is 15.9 Å². The number of rotatable bonds is 9. The van der Waals surface area contributed by atoms with Crippen molar-refractivity contribution in [3.63, 3.8) is 0 Å². The van der Waals surface area contributed by atoms with E-state index in [0.717, 1.165) is 5.56 Å². The van der Waals surface area contributed by atoms with Crippen LogP contribution in [0.25, 0.3) is 0 Å². The Kier molecular flexibility index (Phi) is 7.41. The van der Waals surface area contributed by atoms with E-state index in [4.69, 9.17) is 4.74 Å². The number of benzene rings is 2. The lowest BCUT2D eigenvalue weighted by molar-refractivity contribution is -0.124. The Bertz CT molecular complexity index is 888. The molecule has 1 heterocycles. The van der Waals surface area contributed by atoms with Crippen LogP contribution in [0.4, 0.5) is 0 Å². The number of nitrogens with one attached hydrogen (secondary N) is 1. The maximum atomic E-state index is 12.9. The molecule has 7 heteroatoms. The fraction of sp³-hybridized carbons (Fsp3) is 0.409. The molecule has 2 unspecified atom stereocenters. The number of ether oxygens (including phenoxy) is 1. The predicted octanol–water partition coefficient (Wildman–Crippen LogP) is 3.12. The molecule has 1 saturated heterocycles. The Balaban J connectivity index is 1.46. The molecule has 1 fully saturated rings. The van der Waals surface area contributed by atoms with Gasteiger partial charge in [0.25, 0.3) is 0 Å². The van der Waals surface area contributed by atoms with Gasteiger partial charge in [0.15, 0.2) is 0 Å². The minimum Gasteiger partial charge on any atom is -0.374 e. The van der Waals surface area contributed by atoms with Gasteiger partial charge in [-0.25, -0.2) is 8.42 Å². The molecule has 2 aromatic rings. The Morgan fingerprint density at radius 2 is 1.79 bits per heavy atom. The van der Waals surface area contributed by atoms with Crippen molar-refractivity contribution < 1.29 is 17.9 Å². The molecular weight excluding hydrogens is 388 g/mol. The van der Waals surface area contributed by atoms with Gasteiger partial charge in [-0.1, -0.05) is 48.5 Å². The largest absolute Gasteiger partial charge is 0.374 e. The van der Waals surface area contributed by atoms with Crippen molar-refractivity contribution in [1.82, 2.24) is 9.62 Å². The van der Waals surface area contributed by atoms with Crippen molar-refractivity contribution in [2.24, 2.45) is 0 Å². The highest BCUT2D eigenvalue weighted by Crippen LogP contribution is 2.26. The lowest BCUT2D eigenvalue weighted by Crippen LogP contribution is -2.46. The third-order valence-corrected chi connectivity index (χ3v) is 7.04. The van der Waals surface area contributed by atoms with E-state index < -0.39 is 16.1 Å². The van der Waals surface area contributed by atoms with Gasteiger partial charge in [-0.15, -0.1) is 0 Å². The summed E-state index contributed by atoms with van der Waals surface area (Å²) in [6.07, 6.45) is 1.88. The second-order valence-electron chi connectivity index (χ2n) is 7.16. The van der Waals surface area contributed by atoms with Crippen LogP contribution in [-0.2, 0) is 19.6 Å². The van der Waals surface area contributed by atoms with Gasteiger partial charge >= 0.3 is 0 Å². The van der Waals surface area contributed by atoms with Crippen molar-refractivity contribution in [2.45, 2.75) is 43.2 Å². The minimum atomic E-state index is -3.66. The third kappa shape index (κ3) is 5.44. The summed E-state index contributed by atoms with van der Waals surface area (Å²) in [6, 6.07) is 17.6. The zero-order valence-electron chi connectivity index (χ0n) is 16.7. The van der Waals surface area contributed by atoms with E-state index in [1.807, 2.05) is 37.3 Å². The van der Waals surface area contributed by atoms with Crippen molar-refractivity contribution in [1.29, 1.82) is 0 Å². The van der Waals surface area contributed by atoms with Crippen LogP contribution in [-0.4, -0.2) is 44.4 Å². The second-order valence-corrected chi connectivity index (χ2v) is 9.05. The highest BCUT2D eigenvalue weighted by Gasteiger charge is 2.39. The fourth-order valence-electron chi connectivity index (χ4n) is 3.50. The van der Waals surface area contributed by atoms with Crippen molar-refractivity contribution in [2.75, 3.05) is 19.7 Å². The first-order valence-electron chi connectivity index (χ1n) is 10.0. The molecule has 1 amide bonds. The number of hydrogen-bond acceptors (Lipinski definition) is 4. The number of amides is 1. The third-order valence-electron chi connectivity index (χ3n) is 5.11. The Morgan fingerprint density at radius 1 is 1.14 bits per heavy atom. The molecule has 0 radical (unpaired) electrons. The quantitative estimate of drug-likeness (QED) is 0.637. The summed E-state index contributed by atoms with van der Waals surface area (Å²) in [7, 11) is -3.66. The predicted molar refractivity (Wildman–Crippen MR) is 112 cm³/mol. The number of sulfonamides is 1. The SMILES string of the molecule is CC(OCCCNC(=O)C1CCCN1S(=O)(=O)c1ccccc1)c1ccccc1.